The molecule has 1 aromatic carbocycles. The van der Waals surface area contributed by atoms with E-state index in [1.165, 1.54) is 0 Å². The van der Waals surface area contributed by atoms with Crippen LogP contribution in [0.2, 0.25) is 0 Å². The van der Waals surface area contributed by atoms with Gasteiger partial charge in [0.2, 0.25) is 0 Å². The van der Waals surface area contributed by atoms with Crippen LogP contribution in [0.5, 0.6) is 0 Å². The Hall–Kier alpha value is -3.13. The SMILES string of the molecule is Cc1cc(C(=O)Nc2cc(F)ccc2F)nc2cc(-c3cccs3)nn12. The Morgan fingerprint density at radius 2 is 2.04 bits per heavy atom. The van der Waals surface area contributed by atoms with Crippen LogP contribution in [-0.4, -0.2) is 20.5 Å². The van der Waals surface area contributed by atoms with Crippen LogP contribution in [0.4, 0.5) is 14.5 Å². The summed E-state index contributed by atoms with van der Waals surface area (Å²) in [7, 11) is 0. The Kier molecular flexibility index (Phi) is 3.96. The highest BCUT2D eigenvalue weighted by atomic mass is 32.1. The first-order chi connectivity index (χ1) is 12.5. The van der Waals surface area contributed by atoms with E-state index in [1.807, 2.05) is 17.5 Å². The molecule has 130 valence electrons. The number of thiophene rings is 1. The van der Waals surface area contributed by atoms with Crippen LogP contribution in [0.15, 0.2) is 47.8 Å². The lowest BCUT2D eigenvalue weighted by Crippen LogP contribution is -2.16. The summed E-state index contributed by atoms with van der Waals surface area (Å²) >= 11 is 1.55. The number of amides is 1. The Morgan fingerprint density at radius 3 is 2.81 bits per heavy atom. The fourth-order valence-electron chi connectivity index (χ4n) is 2.57. The molecule has 3 aromatic heterocycles. The first-order valence-corrected chi connectivity index (χ1v) is 8.57. The standard InChI is InChI=1S/C18H12F2N4OS/c1-10-7-15(18(25)22-13-8-11(19)4-5-12(13)20)21-17-9-14(23-24(10)17)16-3-2-6-26-16/h2-9H,1H3,(H,22,25). The summed E-state index contributed by atoms with van der Waals surface area (Å²) in [6.07, 6.45) is 0. The summed E-state index contributed by atoms with van der Waals surface area (Å²) in [5.41, 5.74) is 1.81. The van der Waals surface area contributed by atoms with Gasteiger partial charge in [-0.3, -0.25) is 4.79 Å². The zero-order valence-electron chi connectivity index (χ0n) is 13.5. The number of carbonyl (C=O) groups is 1. The monoisotopic (exact) mass is 370 g/mol. The second-order valence-corrected chi connectivity index (χ2v) is 6.59. The van der Waals surface area contributed by atoms with E-state index in [0.717, 1.165) is 28.8 Å². The first kappa shape index (κ1) is 16.3. The molecule has 0 aliphatic rings. The Bertz CT molecular complexity index is 1120. The Labute approximate surface area is 150 Å². The van der Waals surface area contributed by atoms with Gasteiger partial charge in [-0.15, -0.1) is 11.3 Å². The number of halogens is 2. The molecule has 8 heteroatoms. The average molecular weight is 370 g/mol. The van der Waals surface area contributed by atoms with Crippen LogP contribution in [0.1, 0.15) is 16.2 Å². The number of fused-ring (bicyclic) bond motifs is 1. The molecule has 4 rings (SSSR count). The topological polar surface area (TPSA) is 59.3 Å². The summed E-state index contributed by atoms with van der Waals surface area (Å²) in [6.45, 7) is 1.79. The summed E-state index contributed by atoms with van der Waals surface area (Å²) in [5, 5.41) is 8.79. The molecule has 1 amide bonds. The molecule has 0 bridgehead atoms. The third kappa shape index (κ3) is 2.95. The lowest BCUT2D eigenvalue weighted by Gasteiger charge is -2.07. The van der Waals surface area contributed by atoms with E-state index >= 15 is 0 Å². The van der Waals surface area contributed by atoms with Crippen molar-refractivity contribution in [2.45, 2.75) is 6.92 Å². The molecule has 5 nitrogen and oxygen atoms in total. The van der Waals surface area contributed by atoms with Crippen molar-refractivity contribution in [1.82, 2.24) is 14.6 Å². The van der Waals surface area contributed by atoms with E-state index in [0.29, 0.717) is 11.3 Å². The van der Waals surface area contributed by atoms with E-state index < -0.39 is 17.5 Å². The van der Waals surface area contributed by atoms with Gasteiger partial charge in [-0.05, 0) is 36.6 Å². The van der Waals surface area contributed by atoms with Crippen molar-refractivity contribution < 1.29 is 13.6 Å². The number of carbonyl (C=O) groups excluding carboxylic acids is 1. The van der Waals surface area contributed by atoms with Gasteiger partial charge < -0.3 is 5.32 Å². The molecule has 4 aromatic rings. The van der Waals surface area contributed by atoms with Crippen molar-refractivity contribution in [3.05, 3.63) is 70.9 Å². The van der Waals surface area contributed by atoms with Gasteiger partial charge in [0.15, 0.2) is 5.65 Å². The van der Waals surface area contributed by atoms with E-state index in [2.05, 4.69) is 15.4 Å². The Balaban J connectivity index is 1.70. The highest BCUT2D eigenvalue weighted by molar-refractivity contribution is 7.13. The predicted octanol–water partition coefficient (Wildman–Crippen LogP) is 4.30. The molecule has 0 saturated heterocycles. The van der Waals surface area contributed by atoms with Gasteiger partial charge in [-0.1, -0.05) is 6.07 Å². The van der Waals surface area contributed by atoms with Gasteiger partial charge >= 0.3 is 0 Å². The van der Waals surface area contributed by atoms with Crippen molar-refractivity contribution in [2.24, 2.45) is 0 Å². The lowest BCUT2D eigenvalue weighted by atomic mass is 10.2. The smallest absolute Gasteiger partial charge is 0.274 e. The van der Waals surface area contributed by atoms with Crippen LogP contribution in [0.25, 0.3) is 16.2 Å². The second-order valence-electron chi connectivity index (χ2n) is 5.64. The molecule has 0 unspecified atom stereocenters. The summed E-state index contributed by atoms with van der Waals surface area (Å²) in [6, 6.07) is 10.1. The molecule has 0 saturated carbocycles. The van der Waals surface area contributed by atoms with Gasteiger partial charge in [-0.2, -0.15) is 5.10 Å². The van der Waals surface area contributed by atoms with Crippen molar-refractivity contribution >= 4 is 28.6 Å². The van der Waals surface area contributed by atoms with E-state index in [1.54, 1.807) is 34.9 Å². The molecule has 0 spiro atoms. The van der Waals surface area contributed by atoms with E-state index in [4.69, 9.17) is 0 Å². The van der Waals surface area contributed by atoms with Crippen molar-refractivity contribution in [2.75, 3.05) is 5.32 Å². The number of hydrogen-bond acceptors (Lipinski definition) is 4. The van der Waals surface area contributed by atoms with E-state index in [-0.39, 0.29) is 11.4 Å². The number of nitrogens with zero attached hydrogens (tertiary/aromatic N) is 3. The zero-order chi connectivity index (χ0) is 18.3. The van der Waals surface area contributed by atoms with Gasteiger partial charge in [0.05, 0.1) is 10.6 Å². The maximum absolute atomic E-state index is 13.7. The maximum Gasteiger partial charge on any atom is 0.274 e. The molecule has 0 fully saturated rings. The second kappa shape index (κ2) is 6.30. The van der Waals surface area contributed by atoms with Crippen molar-refractivity contribution in [3.8, 4) is 10.6 Å². The Morgan fingerprint density at radius 1 is 1.19 bits per heavy atom. The molecular formula is C18H12F2N4OS. The molecule has 3 heterocycles. The van der Waals surface area contributed by atoms with Gasteiger partial charge in [-0.25, -0.2) is 18.3 Å². The van der Waals surface area contributed by atoms with Crippen LogP contribution >= 0.6 is 11.3 Å². The number of nitrogens with one attached hydrogen (secondary N) is 1. The summed E-state index contributed by atoms with van der Waals surface area (Å²) in [5.74, 6) is -1.99. The number of aryl methyl sites for hydroxylation is 1. The number of benzene rings is 1. The minimum absolute atomic E-state index is 0.0938. The van der Waals surface area contributed by atoms with Crippen LogP contribution in [-0.2, 0) is 0 Å². The highest BCUT2D eigenvalue weighted by Crippen LogP contribution is 2.25. The molecule has 26 heavy (non-hydrogen) atoms. The zero-order valence-corrected chi connectivity index (χ0v) is 14.3. The van der Waals surface area contributed by atoms with Gasteiger partial charge in [0.1, 0.15) is 23.0 Å². The quantitative estimate of drug-likeness (QED) is 0.585. The molecular weight excluding hydrogens is 358 g/mol. The molecule has 0 radical (unpaired) electrons. The lowest BCUT2D eigenvalue weighted by molar-refractivity contribution is 0.102. The maximum atomic E-state index is 13.7. The molecule has 1 N–H and O–H groups in total. The fourth-order valence-corrected chi connectivity index (χ4v) is 3.25. The fraction of sp³-hybridized carbons (Fsp3) is 0.0556. The number of anilines is 1. The normalized spacial score (nSPS) is 11.0. The number of aromatic nitrogens is 3. The predicted molar refractivity (Wildman–Crippen MR) is 95.3 cm³/mol. The number of hydrogen-bond donors (Lipinski definition) is 1. The molecule has 0 aliphatic carbocycles. The van der Waals surface area contributed by atoms with Gasteiger partial charge in [0, 0.05) is 17.8 Å². The summed E-state index contributed by atoms with van der Waals surface area (Å²) < 4.78 is 28.6. The third-order valence-corrected chi connectivity index (χ3v) is 4.68. The largest absolute Gasteiger partial charge is 0.318 e. The third-order valence-electron chi connectivity index (χ3n) is 3.79. The minimum Gasteiger partial charge on any atom is -0.318 e. The first-order valence-electron chi connectivity index (χ1n) is 7.69. The molecule has 0 aliphatic heterocycles. The summed E-state index contributed by atoms with van der Waals surface area (Å²) in [4.78, 5) is 17.7. The number of rotatable bonds is 3. The highest BCUT2D eigenvalue weighted by Gasteiger charge is 2.15. The minimum atomic E-state index is -0.720. The van der Waals surface area contributed by atoms with Crippen LogP contribution in [0, 0.1) is 18.6 Å². The van der Waals surface area contributed by atoms with Crippen LogP contribution < -0.4 is 5.32 Å². The van der Waals surface area contributed by atoms with E-state index in [9.17, 15) is 13.6 Å². The van der Waals surface area contributed by atoms with Crippen molar-refractivity contribution in [1.29, 1.82) is 0 Å². The van der Waals surface area contributed by atoms with Crippen molar-refractivity contribution in [3.63, 3.8) is 0 Å². The molecule has 0 atom stereocenters. The average Bonchev–Trinajstić information content (AvgIpc) is 3.27. The van der Waals surface area contributed by atoms with Crippen LogP contribution in [0.3, 0.4) is 0 Å². The van der Waals surface area contributed by atoms with Gasteiger partial charge in [0.25, 0.3) is 5.91 Å².